The second-order valence-electron chi connectivity index (χ2n) is 4.78. The van der Waals surface area contributed by atoms with Gasteiger partial charge in [-0.25, -0.2) is 4.98 Å². The van der Waals surface area contributed by atoms with E-state index in [4.69, 9.17) is 10.2 Å². The molecular formula is C17H12N2O. The second-order valence-corrected chi connectivity index (χ2v) is 4.78. The number of fused-ring (bicyclic) bond motifs is 3. The molecule has 3 nitrogen and oxygen atoms in total. The van der Waals surface area contributed by atoms with E-state index in [0.29, 0.717) is 11.6 Å². The van der Waals surface area contributed by atoms with Crippen LogP contribution < -0.4 is 5.73 Å². The summed E-state index contributed by atoms with van der Waals surface area (Å²) in [6.07, 6.45) is 0. The zero-order chi connectivity index (χ0) is 13.5. The Balaban J connectivity index is 2.01. The molecule has 96 valence electrons. The van der Waals surface area contributed by atoms with Crippen molar-refractivity contribution in [3.05, 3.63) is 60.7 Å². The molecule has 0 fully saturated rings. The number of benzene rings is 3. The molecule has 4 rings (SSSR count). The van der Waals surface area contributed by atoms with Crippen molar-refractivity contribution in [1.29, 1.82) is 0 Å². The lowest BCUT2D eigenvalue weighted by molar-refractivity contribution is 0.620. The molecule has 0 saturated carbocycles. The van der Waals surface area contributed by atoms with E-state index >= 15 is 0 Å². The molecule has 4 aromatic rings. The molecule has 0 radical (unpaired) electrons. The molecule has 1 heterocycles. The molecular weight excluding hydrogens is 248 g/mol. The Kier molecular flexibility index (Phi) is 2.27. The average molecular weight is 260 g/mol. The van der Waals surface area contributed by atoms with Gasteiger partial charge in [0.15, 0.2) is 5.58 Å². The van der Waals surface area contributed by atoms with Crippen LogP contribution in [-0.4, -0.2) is 4.98 Å². The van der Waals surface area contributed by atoms with E-state index in [9.17, 15) is 0 Å². The van der Waals surface area contributed by atoms with E-state index in [2.05, 4.69) is 17.1 Å². The minimum absolute atomic E-state index is 0.601. The average Bonchev–Trinajstić information content (AvgIpc) is 2.92. The monoisotopic (exact) mass is 260 g/mol. The topological polar surface area (TPSA) is 52.0 Å². The fraction of sp³-hybridized carbons (Fsp3) is 0. The summed E-state index contributed by atoms with van der Waals surface area (Å²) in [5.74, 6) is 0.601. The summed E-state index contributed by atoms with van der Waals surface area (Å²) in [7, 11) is 0. The molecule has 20 heavy (non-hydrogen) atoms. The van der Waals surface area contributed by atoms with Gasteiger partial charge in [-0.05, 0) is 29.7 Å². The van der Waals surface area contributed by atoms with Crippen molar-refractivity contribution in [1.82, 2.24) is 4.98 Å². The van der Waals surface area contributed by atoms with Crippen molar-refractivity contribution in [2.75, 3.05) is 5.73 Å². The van der Waals surface area contributed by atoms with Crippen LogP contribution in [0.4, 0.5) is 5.69 Å². The maximum atomic E-state index is 5.85. The minimum Gasteiger partial charge on any atom is -0.436 e. The third-order valence-corrected chi connectivity index (χ3v) is 3.42. The maximum Gasteiger partial charge on any atom is 0.227 e. The summed E-state index contributed by atoms with van der Waals surface area (Å²) in [5, 5.41) is 2.26. The van der Waals surface area contributed by atoms with Crippen LogP contribution in [0.1, 0.15) is 0 Å². The molecule has 0 amide bonds. The number of nitrogens with zero attached hydrogens (tertiary/aromatic N) is 1. The highest BCUT2D eigenvalue weighted by Gasteiger charge is 2.10. The zero-order valence-corrected chi connectivity index (χ0v) is 10.7. The van der Waals surface area contributed by atoms with E-state index in [1.54, 1.807) is 0 Å². The Morgan fingerprint density at radius 3 is 2.70 bits per heavy atom. The van der Waals surface area contributed by atoms with Gasteiger partial charge in [0.25, 0.3) is 0 Å². The van der Waals surface area contributed by atoms with Gasteiger partial charge < -0.3 is 10.2 Å². The van der Waals surface area contributed by atoms with Crippen LogP contribution in [0.2, 0.25) is 0 Å². The smallest absolute Gasteiger partial charge is 0.227 e. The normalized spacial score (nSPS) is 11.2. The second kappa shape index (κ2) is 4.10. The Bertz CT molecular complexity index is 924. The predicted molar refractivity (Wildman–Crippen MR) is 81.4 cm³/mol. The molecule has 0 aliphatic heterocycles. The Morgan fingerprint density at radius 2 is 1.80 bits per heavy atom. The number of hydrogen-bond donors (Lipinski definition) is 1. The van der Waals surface area contributed by atoms with Crippen molar-refractivity contribution in [2.24, 2.45) is 0 Å². The van der Waals surface area contributed by atoms with Crippen LogP contribution in [0, 0.1) is 0 Å². The minimum atomic E-state index is 0.601. The molecule has 0 spiro atoms. The molecule has 2 N–H and O–H groups in total. The first kappa shape index (κ1) is 11.1. The van der Waals surface area contributed by atoms with Gasteiger partial charge >= 0.3 is 0 Å². The highest BCUT2D eigenvalue weighted by Crippen LogP contribution is 2.30. The van der Waals surface area contributed by atoms with E-state index in [1.165, 1.54) is 0 Å². The van der Waals surface area contributed by atoms with Gasteiger partial charge in [0.1, 0.15) is 5.52 Å². The number of rotatable bonds is 1. The Morgan fingerprint density at radius 1 is 0.900 bits per heavy atom. The van der Waals surface area contributed by atoms with Gasteiger partial charge in [0.2, 0.25) is 5.89 Å². The third-order valence-electron chi connectivity index (χ3n) is 3.42. The largest absolute Gasteiger partial charge is 0.436 e. The molecule has 0 atom stereocenters. The standard InChI is InChI=1S/C17H12N2O/c18-13-6-3-5-12(10-13)17-19-16-14-7-2-1-4-11(14)8-9-15(16)20-17/h1-10H,18H2. The molecule has 0 saturated heterocycles. The zero-order valence-electron chi connectivity index (χ0n) is 10.7. The summed E-state index contributed by atoms with van der Waals surface area (Å²) < 4.78 is 5.85. The van der Waals surface area contributed by atoms with Gasteiger partial charge in [-0.15, -0.1) is 0 Å². The molecule has 0 bridgehead atoms. The van der Waals surface area contributed by atoms with Gasteiger partial charge in [-0.3, -0.25) is 0 Å². The molecule has 1 aromatic heterocycles. The van der Waals surface area contributed by atoms with E-state index in [-0.39, 0.29) is 0 Å². The van der Waals surface area contributed by atoms with Crippen molar-refractivity contribution in [2.45, 2.75) is 0 Å². The van der Waals surface area contributed by atoms with Crippen LogP contribution in [-0.2, 0) is 0 Å². The summed E-state index contributed by atoms with van der Waals surface area (Å²) in [6, 6.07) is 19.7. The maximum absolute atomic E-state index is 5.85. The first-order valence-corrected chi connectivity index (χ1v) is 6.45. The van der Waals surface area contributed by atoms with Gasteiger partial charge in [0, 0.05) is 16.6 Å². The van der Waals surface area contributed by atoms with E-state index in [0.717, 1.165) is 27.4 Å². The van der Waals surface area contributed by atoms with Crippen molar-refractivity contribution in [3.8, 4) is 11.5 Å². The number of nitrogens with two attached hydrogens (primary N) is 1. The van der Waals surface area contributed by atoms with Crippen LogP contribution >= 0.6 is 0 Å². The van der Waals surface area contributed by atoms with Gasteiger partial charge in [-0.2, -0.15) is 0 Å². The number of oxazole rings is 1. The number of anilines is 1. The van der Waals surface area contributed by atoms with Crippen molar-refractivity contribution in [3.63, 3.8) is 0 Å². The lowest BCUT2D eigenvalue weighted by Gasteiger charge is -1.96. The van der Waals surface area contributed by atoms with E-state index < -0.39 is 0 Å². The SMILES string of the molecule is Nc1cccc(-c2nc3c(ccc4ccccc43)o2)c1. The highest BCUT2D eigenvalue weighted by atomic mass is 16.3. The van der Waals surface area contributed by atoms with Crippen LogP contribution in [0.5, 0.6) is 0 Å². The highest BCUT2D eigenvalue weighted by molar-refractivity contribution is 6.03. The lowest BCUT2D eigenvalue weighted by atomic mass is 10.1. The quantitative estimate of drug-likeness (QED) is 0.521. The number of hydrogen-bond acceptors (Lipinski definition) is 3. The number of aromatic nitrogens is 1. The number of nitrogen functional groups attached to an aromatic ring is 1. The summed E-state index contributed by atoms with van der Waals surface area (Å²) in [5.41, 5.74) is 9.09. The van der Waals surface area contributed by atoms with Gasteiger partial charge in [-0.1, -0.05) is 36.4 Å². The van der Waals surface area contributed by atoms with Crippen molar-refractivity contribution >= 4 is 27.6 Å². The van der Waals surface area contributed by atoms with Crippen LogP contribution in [0.15, 0.2) is 65.1 Å². The Labute approximate surface area is 115 Å². The predicted octanol–water partition coefficient (Wildman–Crippen LogP) is 4.23. The van der Waals surface area contributed by atoms with Crippen LogP contribution in [0.25, 0.3) is 33.3 Å². The third kappa shape index (κ3) is 1.64. The lowest BCUT2D eigenvalue weighted by Crippen LogP contribution is -1.84. The summed E-state index contributed by atoms with van der Waals surface area (Å²) >= 11 is 0. The van der Waals surface area contributed by atoms with Crippen LogP contribution in [0.3, 0.4) is 0 Å². The summed E-state index contributed by atoms with van der Waals surface area (Å²) in [4.78, 5) is 4.63. The first-order chi connectivity index (χ1) is 9.81. The first-order valence-electron chi connectivity index (χ1n) is 6.45. The molecule has 0 aliphatic rings. The molecule has 0 unspecified atom stereocenters. The van der Waals surface area contributed by atoms with Crippen molar-refractivity contribution < 1.29 is 4.42 Å². The summed E-state index contributed by atoms with van der Waals surface area (Å²) in [6.45, 7) is 0. The fourth-order valence-corrected chi connectivity index (χ4v) is 2.46. The molecule has 3 heteroatoms. The Hall–Kier alpha value is -2.81. The van der Waals surface area contributed by atoms with Gasteiger partial charge in [0.05, 0.1) is 0 Å². The van der Waals surface area contributed by atoms with E-state index in [1.807, 2.05) is 48.5 Å². The molecule has 0 aliphatic carbocycles. The molecule has 3 aromatic carbocycles. The fourth-order valence-electron chi connectivity index (χ4n) is 2.46.